The van der Waals surface area contributed by atoms with Gasteiger partial charge in [0.15, 0.2) is 0 Å². The molecule has 0 aromatic heterocycles. The number of phenolic OH excluding ortho intramolecular Hbond substituents is 1. The summed E-state index contributed by atoms with van der Waals surface area (Å²) in [6.07, 6.45) is 4.09. The van der Waals surface area contributed by atoms with E-state index in [0.29, 0.717) is 12.0 Å². The normalized spacial score (nSPS) is 15.9. The molecule has 200 valence electrons. The number of benzene rings is 1. The smallest absolute Gasteiger partial charge is 0.408 e. The zero-order chi connectivity index (χ0) is 26.9. The van der Waals surface area contributed by atoms with Crippen molar-refractivity contribution in [3.05, 3.63) is 29.8 Å². The Morgan fingerprint density at radius 2 is 1.72 bits per heavy atom. The van der Waals surface area contributed by atoms with Crippen LogP contribution in [-0.4, -0.2) is 58.1 Å². The molecule has 0 heterocycles. The third-order valence-electron chi connectivity index (χ3n) is 5.86. The second-order valence-corrected chi connectivity index (χ2v) is 10.2. The summed E-state index contributed by atoms with van der Waals surface area (Å²) in [5.41, 5.74) is 5.07. The molecule has 0 spiro atoms. The molecule has 1 fully saturated rings. The summed E-state index contributed by atoms with van der Waals surface area (Å²) < 4.78 is 5.27. The second-order valence-electron chi connectivity index (χ2n) is 10.2. The summed E-state index contributed by atoms with van der Waals surface area (Å²) in [4.78, 5) is 53.0. The molecule has 1 aliphatic rings. The van der Waals surface area contributed by atoms with Crippen LogP contribution in [0.5, 0.6) is 5.75 Å². The van der Waals surface area contributed by atoms with E-state index in [1.54, 1.807) is 32.9 Å². The number of nitrogens with zero attached hydrogens (tertiary/aromatic N) is 1. The molecule has 1 aromatic rings. The molecule has 0 radical (unpaired) electrons. The fraction of sp³-hybridized carbons (Fsp3) is 0.615. The maximum absolute atomic E-state index is 13.8. The van der Waals surface area contributed by atoms with E-state index < -0.39 is 42.0 Å². The van der Waals surface area contributed by atoms with Gasteiger partial charge in [0.1, 0.15) is 23.4 Å². The molecule has 5 N–H and O–H groups in total. The van der Waals surface area contributed by atoms with Crippen LogP contribution in [0, 0.1) is 0 Å². The molecule has 0 aliphatic heterocycles. The fourth-order valence-electron chi connectivity index (χ4n) is 4.32. The van der Waals surface area contributed by atoms with Gasteiger partial charge in [-0.3, -0.25) is 14.4 Å². The summed E-state index contributed by atoms with van der Waals surface area (Å²) in [6.45, 7) is 7.08. The van der Waals surface area contributed by atoms with Crippen molar-refractivity contribution in [1.82, 2.24) is 15.5 Å². The highest BCUT2D eigenvalue weighted by atomic mass is 16.6. The van der Waals surface area contributed by atoms with E-state index >= 15 is 0 Å². The van der Waals surface area contributed by atoms with Crippen LogP contribution in [-0.2, 0) is 19.1 Å². The van der Waals surface area contributed by atoms with Gasteiger partial charge in [0.25, 0.3) is 0 Å². The Bertz CT molecular complexity index is 906. The van der Waals surface area contributed by atoms with Crippen LogP contribution in [0.15, 0.2) is 24.3 Å². The van der Waals surface area contributed by atoms with E-state index in [-0.39, 0.29) is 24.2 Å². The number of rotatable bonds is 10. The first-order valence-electron chi connectivity index (χ1n) is 12.6. The third-order valence-corrected chi connectivity index (χ3v) is 5.86. The van der Waals surface area contributed by atoms with Crippen molar-refractivity contribution in [1.29, 1.82) is 0 Å². The lowest BCUT2D eigenvalue weighted by molar-refractivity contribution is -0.143. The largest absolute Gasteiger partial charge is 0.508 e. The number of nitrogens with one attached hydrogen (secondary N) is 2. The average molecular weight is 505 g/mol. The summed E-state index contributed by atoms with van der Waals surface area (Å²) in [5, 5.41) is 15.3. The first kappa shape index (κ1) is 28.9. The Balaban J connectivity index is 2.41. The SMILES string of the molecule is CCCN(C(=O)C(CC(N)=O)NC(=O)OC(C)(C)C)C(C(=O)NC1CCCCC1)c1ccc(O)cc1. The van der Waals surface area contributed by atoms with Crippen LogP contribution in [0.25, 0.3) is 0 Å². The molecule has 0 bridgehead atoms. The molecule has 1 aromatic carbocycles. The first-order valence-corrected chi connectivity index (χ1v) is 12.6. The number of carbonyl (C=O) groups excluding carboxylic acids is 4. The fourth-order valence-corrected chi connectivity index (χ4v) is 4.32. The number of carbonyl (C=O) groups is 4. The van der Waals surface area contributed by atoms with Gasteiger partial charge in [-0.1, -0.05) is 38.3 Å². The number of amides is 4. The van der Waals surface area contributed by atoms with E-state index in [4.69, 9.17) is 10.5 Å². The van der Waals surface area contributed by atoms with Crippen LogP contribution < -0.4 is 16.4 Å². The number of hydrogen-bond acceptors (Lipinski definition) is 6. The predicted octanol–water partition coefficient (Wildman–Crippen LogP) is 2.89. The zero-order valence-electron chi connectivity index (χ0n) is 21.7. The first-order chi connectivity index (χ1) is 16.9. The molecule has 0 saturated heterocycles. The van der Waals surface area contributed by atoms with Crippen molar-refractivity contribution in [2.45, 2.75) is 96.4 Å². The maximum atomic E-state index is 13.8. The lowest BCUT2D eigenvalue weighted by Gasteiger charge is -2.35. The van der Waals surface area contributed by atoms with E-state index in [1.807, 2.05) is 6.92 Å². The van der Waals surface area contributed by atoms with Crippen molar-refractivity contribution in [3.8, 4) is 5.75 Å². The summed E-state index contributed by atoms with van der Waals surface area (Å²) in [6, 6.07) is 3.73. The molecule has 1 saturated carbocycles. The lowest BCUT2D eigenvalue weighted by atomic mass is 9.94. The molecule has 1 aliphatic carbocycles. The molecule has 2 atom stereocenters. The average Bonchev–Trinajstić information content (AvgIpc) is 2.78. The number of hydrogen-bond donors (Lipinski definition) is 4. The van der Waals surface area contributed by atoms with Crippen molar-refractivity contribution < 1.29 is 29.0 Å². The highest BCUT2D eigenvalue weighted by Crippen LogP contribution is 2.27. The van der Waals surface area contributed by atoms with Crippen molar-refractivity contribution >= 4 is 23.8 Å². The van der Waals surface area contributed by atoms with E-state index in [9.17, 15) is 24.3 Å². The molecule has 10 nitrogen and oxygen atoms in total. The van der Waals surface area contributed by atoms with Gasteiger partial charge >= 0.3 is 6.09 Å². The Labute approximate surface area is 212 Å². The maximum Gasteiger partial charge on any atom is 0.408 e. The minimum atomic E-state index is -1.31. The minimum absolute atomic E-state index is 0.00532. The van der Waals surface area contributed by atoms with E-state index in [2.05, 4.69) is 10.6 Å². The van der Waals surface area contributed by atoms with Gasteiger partial charge in [-0.25, -0.2) is 4.79 Å². The molecule has 10 heteroatoms. The molecular formula is C26H40N4O6. The zero-order valence-corrected chi connectivity index (χ0v) is 21.7. The van der Waals surface area contributed by atoms with Gasteiger partial charge < -0.3 is 31.1 Å². The summed E-state index contributed by atoms with van der Waals surface area (Å²) >= 11 is 0. The Hall–Kier alpha value is -3.30. The summed E-state index contributed by atoms with van der Waals surface area (Å²) in [5.74, 6) is -1.74. The van der Waals surface area contributed by atoms with Crippen molar-refractivity contribution in [2.75, 3.05) is 6.54 Å². The standard InChI is InChI=1S/C26H40N4O6/c1-5-15-30(24(34)20(16-21(27)32)29-25(35)36-26(2,3)4)22(17-11-13-19(31)14-12-17)23(33)28-18-9-7-6-8-10-18/h11-14,18,20,22,31H,5-10,15-16H2,1-4H3,(H2,27,32)(H,28,33)(H,29,35). The van der Waals surface area contributed by atoms with Crippen LogP contribution in [0.4, 0.5) is 4.79 Å². The molecule has 4 amide bonds. The van der Waals surface area contributed by atoms with Crippen molar-refractivity contribution in [3.63, 3.8) is 0 Å². The van der Waals surface area contributed by atoms with Gasteiger partial charge in [-0.05, 0) is 57.7 Å². The molecule has 36 heavy (non-hydrogen) atoms. The Morgan fingerprint density at radius 1 is 1.11 bits per heavy atom. The lowest BCUT2D eigenvalue weighted by Crippen LogP contribution is -2.54. The van der Waals surface area contributed by atoms with Crippen LogP contribution in [0.3, 0.4) is 0 Å². The Kier molecular flexibility index (Phi) is 10.6. The monoisotopic (exact) mass is 504 g/mol. The number of phenols is 1. The van der Waals surface area contributed by atoms with Gasteiger partial charge in [-0.2, -0.15) is 0 Å². The van der Waals surface area contributed by atoms with Crippen molar-refractivity contribution in [2.24, 2.45) is 5.73 Å². The highest BCUT2D eigenvalue weighted by molar-refractivity contribution is 5.94. The van der Waals surface area contributed by atoms with E-state index in [0.717, 1.165) is 32.1 Å². The minimum Gasteiger partial charge on any atom is -0.508 e. The Morgan fingerprint density at radius 3 is 2.25 bits per heavy atom. The van der Waals surface area contributed by atoms with Gasteiger partial charge in [-0.15, -0.1) is 0 Å². The molecule has 2 unspecified atom stereocenters. The van der Waals surface area contributed by atoms with Gasteiger partial charge in [0.2, 0.25) is 17.7 Å². The number of alkyl carbamates (subject to hydrolysis) is 1. The number of nitrogens with two attached hydrogens (primary N) is 1. The van der Waals surface area contributed by atoms with Gasteiger partial charge in [0, 0.05) is 12.6 Å². The number of ether oxygens (including phenoxy) is 1. The number of primary amides is 1. The number of aromatic hydroxyl groups is 1. The highest BCUT2D eigenvalue weighted by Gasteiger charge is 2.37. The molecular weight excluding hydrogens is 464 g/mol. The predicted molar refractivity (Wildman–Crippen MR) is 135 cm³/mol. The van der Waals surface area contributed by atoms with Gasteiger partial charge in [0.05, 0.1) is 6.42 Å². The summed E-state index contributed by atoms with van der Waals surface area (Å²) in [7, 11) is 0. The van der Waals surface area contributed by atoms with Crippen LogP contribution in [0.1, 0.15) is 84.2 Å². The topological polar surface area (TPSA) is 151 Å². The van der Waals surface area contributed by atoms with Crippen LogP contribution >= 0.6 is 0 Å². The van der Waals surface area contributed by atoms with Crippen LogP contribution in [0.2, 0.25) is 0 Å². The third kappa shape index (κ3) is 9.05. The second kappa shape index (κ2) is 13.1. The molecule has 2 rings (SSSR count). The quantitative estimate of drug-likeness (QED) is 0.385. The van der Waals surface area contributed by atoms with E-state index in [1.165, 1.54) is 17.0 Å².